The van der Waals surface area contributed by atoms with E-state index in [1.165, 1.54) is 39.1 Å². The number of para-hydroxylation sites is 1. The molecule has 1 saturated heterocycles. The van der Waals surface area contributed by atoms with Crippen molar-refractivity contribution in [3.63, 3.8) is 0 Å². The van der Waals surface area contributed by atoms with E-state index in [1.54, 1.807) is 0 Å². The smallest absolute Gasteiger partial charge is 0.313 e. The highest BCUT2D eigenvalue weighted by molar-refractivity contribution is 8.17. The zero-order valence-corrected chi connectivity index (χ0v) is 24.3. The first-order chi connectivity index (χ1) is 19.1. The lowest BCUT2D eigenvalue weighted by atomic mass is 9.68. The van der Waals surface area contributed by atoms with Crippen LogP contribution < -0.4 is 0 Å². The maximum absolute atomic E-state index is 13.3. The zero-order chi connectivity index (χ0) is 26.9. The van der Waals surface area contributed by atoms with Crippen LogP contribution in [0.4, 0.5) is 0 Å². The van der Waals surface area contributed by atoms with Crippen molar-refractivity contribution in [1.82, 2.24) is 9.47 Å². The van der Waals surface area contributed by atoms with Crippen molar-refractivity contribution >= 4 is 40.4 Å². The maximum Gasteiger partial charge on any atom is 0.313 e. The average molecular weight is 555 g/mol. The van der Waals surface area contributed by atoms with Crippen molar-refractivity contribution in [3.05, 3.63) is 108 Å². The highest BCUT2D eigenvalue weighted by Crippen LogP contribution is 2.54. The van der Waals surface area contributed by atoms with Crippen LogP contribution in [0.1, 0.15) is 36.6 Å². The van der Waals surface area contributed by atoms with Crippen LogP contribution in [0, 0.1) is 5.92 Å². The van der Waals surface area contributed by atoms with E-state index >= 15 is 0 Å². The van der Waals surface area contributed by atoms with Gasteiger partial charge in [0.15, 0.2) is 0 Å². The van der Waals surface area contributed by atoms with E-state index in [9.17, 15) is 4.79 Å². The second-order valence-electron chi connectivity index (χ2n) is 10.3. The molecule has 2 aliphatic rings. The summed E-state index contributed by atoms with van der Waals surface area (Å²) in [5, 5.41) is 1.17. The molecule has 2 heterocycles. The van der Waals surface area contributed by atoms with Crippen LogP contribution in [0.3, 0.4) is 0 Å². The molecule has 0 radical (unpaired) electrons. The van der Waals surface area contributed by atoms with Gasteiger partial charge < -0.3 is 9.30 Å². The number of likely N-dealkylation sites (tertiary alicyclic amines) is 1. The Kier molecular flexibility index (Phi) is 7.61. The predicted molar refractivity (Wildman–Crippen MR) is 162 cm³/mol. The number of aryl methyl sites for hydroxylation is 1. The third-order valence-electron chi connectivity index (χ3n) is 8.23. The largest absolute Gasteiger partial charge is 0.469 e. The Bertz CT molecular complexity index is 1460. The number of methoxy groups -OCH3 is 1. The number of fused-ring (bicyclic) bond motifs is 6. The van der Waals surface area contributed by atoms with Gasteiger partial charge in [0.2, 0.25) is 0 Å². The van der Waals surface area contributed by atoms with Crippen LogP contribution in [0.2, 0.25) is 0 Å². The molecule has 1 fully saturated rings. The number of nitrogens with zero attached hydrogens (tertiary/aromatic N) is 2. The molecule has 4 aromatic rings. The highest BCUT2D eigenvalue weighted by atomic mass is 32.2. The first kappa shape index (κ1) is 26.3. The van der Waals surface area contributed by atoms with E-state index in [-0.39, 0.29) is 23.8 Å². The Hall–Kier alpha value is -2.93. The van der Waals surface area contributed by atoms with Crippen molar-refractivity contribution in [1.29, 1.82) is 0 Å². The molecule has 4 nitrogen and oxygen atoms in total. The fourth-order valence-corrected chi connectivity index (χ4v) is 9.14. The van der Waals surface area contributed by atoms with Crippen molar-refractivity contribution < 1.29 is 9.53 Å². The number of hydrogen-bond acceptors (Lipinski definition) is 5. The molecule has 0 unspecified atom stereocenters. The Morgan fingerprint density at radius 2 is 1.59 bits per heavy atom. The Labute approximate surface area is 239 Å². The summed E-state index contributed by atoms with van der Waals surface area (Å²) in [5.74, 6) is -0.237. The number of thioether (sulfide) groups is 2. The molecular weight excluding hydrogens is 521 g/mol. The van der Waals surface area contributed by atoms with Gasteiger partial charge in [0, 0.05) is 52.4 Å². The molecule has 200 valence electrons. The van der Waals surface area contributed by atoms with E-state index in [1.807, 2.05) is 23.5 Å². The van der Waals surface area contributed by atoms with Crippen LogP contribution in [0.25, 0.3) is 10.9 Å². The molecule has 3 aromatic carbocycles. The third kappa shape index (κ3) is 4.94. The standard InChI is InChI=1S/C33H34N2O2S2/c1-4-22-20-35(21-29(38-23-13-7-5-8-14-23)39-24-15-9-6-10-16-24)28-19-26(22)31(33(36)37-3)30-25-17-11-12-18-27(25)34(2)32(28)30/h4-18,26,28-29,31H,19-21H2,1-3H3/b22-4-/t26-,28-,31+/m1/s1. The summed E-state index contributed by atoms with van der Waals surface area (Å²) < 4.78 is 8.06. The van der Waals surface area contributed by atoms with Gasteiger partial charge in [-0.1, -0.05) is 66.2 Å². The fraction of sp³-hybridized carbons (Fsp3) is 0.303. The number of esters is 1. The summed E-state index contributed by atoms with van der Waals surface area (Å²) in [6.45, 7) is 3.91. The molecule has 6 rings (SSSR count). The third-order valence-corrected chi connectivity index (χ3v) is 10.7. The lowest BCUT2D eigenvalue weighted by Gasteiger charge is -2.48. The molecule has 0 amide bonds. The Morgan fingerprint density at radius 1 is 0.974 bits per heavy atom. The Balaban J connectivity index is 1.42. The lowest BCUT2D eigenvalue weighted by Crippen LogP contribution is -2.47. The number of ether oxygens (including phenoxy) is 1. The number of allylic oxidation sites excluding steroid dienone is 1. The molecule has 0 spiro atoms. The first-order valence-electron chi connectivity index (χ1n) is 13.6. The van der Waals surface area contributed by atoms with Gasteiger partial charge in [-0.05, 0) is 49.2 Å². The van der Waals surface area contributed by atoms with E-state index < -0.39 is 0 Å². The molecule has 1 aromatic heterocycles. The zero-order valence-electron chi connectivity index (χ0n) is 22.6. The van der Waals surface area contributed by atoms with E-state index in [4.69, 9.17) is 4.74 Å². The van der Waals surface area contributed by atoms with Crippen molar-refractivity contribution in [2.75, 3.05) is 20.2 Å². The van der Waals surface area contributed by atoms with Crippen LogP contribution in [-0.4, -0.2) is 40.2 Å². The molecular formula is C33H34N2O2S2. The normalized spacial score (nSPS) is 21.8. The van der Waals surface area contributed by atoms with Crippen LogP contribution in [-0.2, 0) is 16.6 Å². The highest BCUT2D eigenvalue weighted by Gasteiger charge is 2.49. The average Bonchev–Trinajstić information content (AvgIpc) is 3.27. The molecule has 0 saturated carbocycles. The first-order valence-corrected chi connectivity index (χ1v) is 15.3. The summed E-state index contributed by atoms with van der Waals surface area (Å²) in [6.07, 6.45) is 3.17. The minimum Gasteiger partial charge on any atom is -0.469 e. The number of hydrogen-bond donors (Lipinski definition) is 0. The van der Waals surface area contributed by atoms with E-state index in [0.717, 1.165) is 25.1 Å². The van der Waals surface area contributed by atoms with Gasteiger partial charge in [0.05, 0.1) is 23.7 Å². The molecule has 3 atom stereocenters. The Morgan fingerprint density at radius 3 is 2.21 bits per heavy atom. The number of carbonyl (C=O) groups is 1. The van der Waals surface area contributed by atoms with Gasteiger partial charge in [-0.15, -0.1) is 23.5 Å². The molecule has 0 N–H and O–H groups in total. The second-order valence-corrected chi connectivity index (χ2v) is 13.2. The predicted octanol–water partition coefficient (Wildman–Crippen LogP) is 7.67. The maximum atomic E-state index is 13.3. The number of carbonyl (C=O) groups excluding carboxylic acids is 1. The van der Waals surface area contributed by atoms with Crippen LogP contribution in [0.15, 0.2) is 106 Å². The number of benzene rings is 3. The number of rotatable bonds is 7. The SMILES string of the molecule is C/C=C1/CN(CC(Sc2ccccc2)Sc2ccccc2)[C@@H]2C[C@H]1[C@H](C(=O)OC)c1c2n(C)c2ccccc12. The molecule has 1 aliphatic heterocycles. The van der Waals surface area contributed by atoms with Crippen molar-refractivity contribution in [2.45, 2.75) is 39.7 Å². The van der Waals surface area contributed by atoms with Crippen LogP contribution >= 0.6 is 23.5 Å². The van der Waals surface area contributed by atoms with E-state index in [2.05, 4.69) is 114 Å². The van der Waals surface area contributed by atoms with Gasteiger partial charge >= 0.3 is 5.97 Å². The summed E-state index contributed by atoms with van der Waals surface area (Å²) in [7, 11) is 3.68. The molecule has 1 aliphatic carbocycles. The monoisotopic (exact) mass is 554 g/mol. The van der Waals surface area contributed by atoms with Gasteiger partial charge in [-0.2, -0.15) is 0 Å². The molecule has 39 heavy (non-hydrogen) atoms. The lowest BCUT2D eigenvalue weighted by molar-refractivity contribution is -0.144. The molecule has 2 bridgehead atoms. The summed E-state index contributed by atoms with van der Waals surface area (Å²) in [5.41, 5.74) is 4.95. The summed E-state index contributed by atoms with van der Waals surface area (Å²) >= 11 is 3.88. The number of aromatic nitrogens is 1. The van der Waals surface area contributed by atoms with Gasteiger partial charge in [-0.25, -0.2) is 0 Å². The van der Waals surface area contributed by atoms with E-state index in [0.29, 0.717) is 4.58 Å². The quantitative estimate of drug-likeness (QED) is 0.101. The molecule has 6 heteroatoms. The van der Waals surface area contributed by atoms with Crippen LogP contribution in [0.5, 0.6) is 0 Å². The minimum atomic E-state index is -0.270. The summed E-state index contributed by atoms with van der Waals surface area (Å²) in [6, 6.07) is 30.2. The second kappa shape index (κ2) is 11.3. The summed E-state index contributed by atoms with van der Waals surface area (Å²) in [4.78, 5) is 18.6. The van der Waals surface area contributed by atoms with Crippen molar-refractivity contribution in [3.8, 4) is 0 Å². The van der Waals surface area contributed by atoms with Gasteiger partial charge in [-0.3, -0.25) is 9.69 Å². The fourth-order valence-electron chi connectivity index (χ4n) is 6.51. The van der Waals surface area contributed by atoms with Gasteiger partial charge in [0.25, 0.3) is 0 Å². The van der Waals surface area contributed by atoms with Crippen molar-refractivity contribution in [2.24, 2.45) is 13.0 Å². The minimum absolute atomic E-state index is 0.124. The topological polar surface area (TPSA) is 34.5 Å². The van der Waals surface area contributed by atoms with Gasteiger partial charge in [0.1, 0.15) is 0 Å². The number of piperidine rings is 1.